The van der Waals surface area contributed by atoms with Crippen LogP contribution in [0, 0.1) is 0 Å². The summed E-state index contributed by atoms with van der Waals surface area (Å²) in [6.07, 6.45) is 6.61. The summed E-state index contributed by atoms with van der Waals surface area (Å²) in [5, 5.41) is 4.69. The van der Waals surface area contributed by atoms with Crippen molar-refractivity contribution < 1.29 is 4.74 Å². The van der Waals surface area contributed by atoms with Crippen LogP contribution in [0.5, 0.6) is 0 Å². The predicted octanol–water partition coefficient (Wildman–Crippen LogP) is 3.14. The molecule has 1 N–H and O–H groups in total. The van der Waals surface area contributed by atoms with Crippen molar-refractivity contribution in [2.45, 2.75) is 57.6 Å². The monoisotopic (exact) mass is 309 g/mol. The van der Waals surface area contributed by atoms with Crippen LogP contribution in [0.1, 0.15) is 55.5 Å². The average molecular weight is 309 g/mol. The van der Waals surface area contributed by atoms with E-state index in [9.17, 15) is 0 Å². The van der Waals surface area contributed by atoms with Crippen molar-refractivity contribution in [2.24, 2.45) is 0 Å². The molecule has 1 atom stereocenters. The van der Waals surface area contributed by atoms with Gasteiger partial charge >= 0.3 is 0 Å². The summed E-state index contributed by atoms with van der Waals surface area (Å²) in [6, 6.07) is 0. The van der Waals surface area contributed by atoms with Gasteiger partial charge in [-0.15, -0.1) is 11.3 Å². The smallest absolute Gasteiger partial charge is 0.185 e. The maximum atomic E-state index is 5.74. The lowest BCUT2D eigenvalue weighted by Gasteiger charge is -2.19. The Morgan fingerprint density at radius 3 is 2.90 bits per heavy atom. The van der Waals surface area contributed by atoms with Gasteiger partial charge in [0.05, 0.1) is 11.8 Å². The number of thiazole rings is 1. The van der Waals surface area contributed by atoms with Gasteiger partial charge in [-0.2, -0.15) is 0 Å². The Labute approximate surface area is 131 Å². The lowest BCUT2D eigenvalue weighted by molar-refractivity contribution is 0.116. The SMILES string of the molecule is CCCNCc1sc(N(C)CC2CCCO2)nc1C1CC1. The molecule has 0 bridgehead atoms. The van der Waals surface area contributed by atoms with Crippen LogP contribution in [0.2, 0.25) is 0 Å². The molecule has 0 amide bonds. The fourth-order valence-corrected chi connectivity index (χ4v) is 3.95. The Bertz CT molecular complexity index is 452. The fraction of sp³-hybridized carbons (Fsp3) is 0.812. The first kappa shape index (κ1) is 15.3. The van der Waals surface area contributed by atoms with E-state index >= 15 is 0 Å². The highest BCUT2D eigenvalue weighted by molar-refractivity contribution is 7.15. The molecule has 2 heterocycles. The van der Waals surface area contributed by atoms with E-state index in [4.69, 9.17) is 9.72 Å². The predicted molar refractivity (Wildman–Crippen MR) is 88.3 cm³/mol. The molecule has 1 saturated carbocycles. The molecule has 4 nitrogen and oxygen atoms in total. The van der Waals surface area contributed by atoms with E-state index in [0.717, 1.165) is 32.2 Å². The summed E-state index contributed by atoms with van der Waals surface area (Å²) in [6.45, 7) is 6.17. The minimum Gasteiger partial charge on any atom is -0.376 e. The van der Waals surface area contributed by atoms with Crippen LogP contribution in [0.25, 0.3) is 0 Å². The Kier molecular flexibility index (Phi) is 5.14. The van der Waals surface area contributed by atoms with E-state index in [-0.39, 0.29) is 0 Å². The topological polar surface area (TPSA) is 37.4 Å². The highest BCUT2D eigenvalue weighted by Gasteiger charge is 2.30. The molecule has 2 fully saturated rings. The van der Waals surface area contributed by atoms with Crippen molar-refractivity contribution in [1.82, 2.24) is 10.3 Å². The first-order chi connectivity index (χ1) is 10.3. The van der Waals surface area contributed by atoms with Crippen LogP contribution in [-0.4, -0.2) is 37.8 Å². The van der Waals surface area contributed by atoms with Crippen molar-refractivity contribution in [3.05, 3.63) is 10.6 Å². The maximum absolute atomic E-state index is 5.74. The van der Waals surface area contributed by atoms with Crippen LogP contribution in [0.4, 0.5) is 5.13 Å². The first-order valence-electron chi connectivity index (χ1n) is 8.31. The molecule has 2 aliphatic rings. The second kappa shape index (κ2) is 7.07. The van der Waals surface area contributed by atoms with Crippen molar-refractivity contribution in [1.29, 1.82) is 0 Å². The van der Waals surface area contributed by atoms with Crippen molar-refractivity contribution in [3.8, 4) is 0 Å². The van der Waals surface area contributed by atoms with Crippen LogP contribution in [0.3, 0.4) is 0 Å². The quantitative estimate of drug-likeness (QED) is 0.749. The molecule has 1 saturated heterocycles. The van der Waals surface area contributed by atoms with E-state index in [0.29, 0.717) is 6.10 Å². The summed E-state index contributed by atoms with van der Waals surface area (Å²) >= 11 is 1.87. The Balaban J connectivity index is 1.64. The number of hydrogen-bond acceptors (Lipinski definition) is 5. The molecule has 5 heteroatoms. The zero-order chi connectivity index (χ0) is 14.7. The number of aromatic nitrogens is 1. The lowest BCUT2D eigenvalue weighted by atomic mass is 10.2. The van der Waals surface area contributed by atoms with E-state index in [1.165, 1.54) is 47.8 Å². The number of nitrogens with zero attached hydrogens (tertiary/aromatic N) is 2. The first-order valence-corrected chi connectivity index (χ1v) is 9.12. The van der Waals surface area contributed by atoms with Gasteiger partial charge < -0.3 is 15.0 Å². The molecular weight excluding hydrogens is 282 g/mol. The van der Waals surface area contributed by atoms with Crippen LogP contribution in [-0.2, 0) is 11.3 Å². The zero-order valence-electron chi connectivity index (χ0n) is 13.2. The average Bonchev–Trinajstić information content (AvgIpc) is 3.02. The van der Waals surface area contributed by atoms with E-state index < -0.39 is 0 Å². The molecule has 0 radical (unpaired) electrons. The van der Waals surface area contributed by atoms with E-state index in [1.54, 1.807) is 0 Å². The van der Waals surface area contributed by atoms with Crippen LogP contribution < -0.4 is 10.2 Å². The number of ether oxygens (including phenoxy) is 1. The van der Waals surface area contributed by atoms with Gasteiger partial charge in [0.1, 0.15) is 0 Å². The van der Waals surface area contributed by atoms with E-state index in [1.807, 2.05) is 11.3 Å². The number of nitrogens with one attached hydrogen (secondary N) is 1. The van der Waals surface area contributed by atoms with Crippen molar-refractivity contribution in [3.63, 3.8) is 0 Å². The van der Waals surface area contributed by atoms with Gasteiger partial charge in [-0.05, 0) is 38.6 Å². The number of anilines is 1. The van der Waals surface area contributed by atoms with Gasteiger partial charge in [0.15, 0.2) is 5.13 Å². The highest BCUT2D eigenvalue weighted by atomic mass is 32.1. The molecule has 3 rings (SSSR count). The zero-order valence-corrected chi connectivity index (χ0v) is 14.0. The summed E-state index contributed by atoms with van der Waals surface area (Å²) in [7, 11) is 2.15. The second-order valence-corrected chi connectivity index (χ2v) is 7.33. The molecule has 1 aromatic rings. The number of likely N-dealkylation sites (N-methyl/N-ethyl adjacent to an activating group) is 1. The molecule has 0 aromatic carbocycles. The third kappa shape index (κ3) is 3.96. The fourth-order valence-electron chi connectivity index (χ4n) is 2.87. The number of rotatable bonds is 8. The largest absolute Gasteiger partial charge is 0.376 e. The molecule has 1 aliphatic carbocycles. The standard InChI is InChI=1S/C16H27N3OS/c1-3-8-17-10-14-15(12-6-7-12)18-16(21-14)19(2)11-13-5-4-9-20-13/h12-13,17H,3-11H2,1-2H3. The lowest BCUT2D eigenvalue weighted by Crippen LogP contribution is -2.28. The van der Waals surface area contributed by atoms with Crippen LogP contribution >= 0.6 is 11.3 Å². The summed E-state index contributed by atoms with van der Waals surface area (Å²) < 4.78 is 5.74. The highest BCUT2D eigenvalue weighted by Crippen LogP contribution is 2.44. The normalized spacial score (nSPS) is 21.9. The number of hydrogen-bond donors (Lipinski definition) is 1. The minimum atomic E-state index is 0.393. The van der Waals surface area contributed by atoms with Gasteiger partial charge in [0.2, 0.25) is 0 Å². The Hall–Kier alpha value is -0.650. The molecular formula is C16H27N3OS. The summed E-state index contributed by atoms with van der Waals surface area (Å²) in [5.74, 6) is 0.726. The molecule has 21 heavy (non-hydrogen) atoms. The Morgan fingerprint density at radius 1 is 1.38 bits per heavy atom. The summed E-state index contributed by atoms with van der Waals surface area (Å²) in [5.41, 5.74) is 1.36. The van der Waals surface area contributed by atoms with Crippen molar-refractivity contribution >= 4 is 16.5 Å². The van der Waals surface area contributed by atoms with E-state index in [2.05, 4.69) is 24.2 Å². The third-order valence-electron chi connectivity index (χ3n) is 4.22. The second-order valence-electron chi connectivity index (χ2n) is 6.27. The van der Waals surface area contributed by atoms with Gasteiger partial charge in [-0.3, -0.25) is 0 Å². The third-order valence-corrected chi connectivity index (χ3v) is 5.41. The van der Waals surface area contributed by atoms with Gasteiger partial charge in [0, 0.05) is 37.5 Å². The van der Waals surface area contributed by atoms with Gasteiger partial charge in [-0.25, -0.2) is 4.98 Å². The molecule has 1 aliphatic heterocycles. The maximum Gasteiger partial charge on any atom is 0.185 e. The summed E-state index contributed by atoms with van der Waals surface area (Å²) in [4.78, 5) is 8.67. The van der Waals surface area contributed by atoms with Crippen molar-refractivity contribution in [2.75, 3.05) is 31.6 Å². The molecule has 1 aromatic heterocycles. The molecule has 118 valence electrons. The van der Waals surface area contributed by atoms with Crippen LogP contribution in [0.15, 0.2) is 0 Å². The Morgan fingerprint density at radius 2 is 2.24 bits per heavy atom. The minimum absolute atomic E-state index is 0.393. The molecule has 1 unspecified atom stereocenters. The molecule has 0 spiro atoms. The van der Waals surface area contributed by atoms with Gasteiger partial charge in [0.25, 0.3) is 0 Å². The van der Waals surface area contributed by atoms with Gasteiger partial charge in [-0.1, -0.05) is 6.92 Å².